The highest BCUT2D eigenvalue weighted by atomic mass is 32.1. The number of allylic oxidation sites excluding steroid dienone is 2. The third kappa shape index (κ3) is 4.94. The van der Waals surface area contributed by atoms with Gasteiger partial charge in [0.2, 0.25) is 0 Å². The molecule has 0 amide bonds. The van der Waals surface area contributed by atoms with Gasteiger partial charge in [0.1, 0.15) is 0 Å². The highest BCUT2D eigenvalue weighted by Gasteiger charge is 2.80. The molecule has 4 aromatic rings. The Bertz CT molecular complexity index is 1650. The summed E-state index contributed by atoms with van der Waals surface area (Å²) in [5, 5.41) is -0.537. The molecule has 0 radical (unpaired) electrons. The normalized spacial score (nSPS) is 16.4. The molecule has 240 valence electrons. The lowest BCUT2D eigenvalue weighted by Gasteiger charge is -2.25. The predicted octanol–water partition coefficient (Wildman–Crippen LogP) is 9.03. The van der Waals surface area contributed by atoms with E-state index in [2.05, 4.69) is 0 Å². The lowest BCUT2D eigenvalue weighted by molar-refractivity contribution is -0.254. The number of methoxy groups -OCH3 is 6. The van der Waals surface area contributed by atoms with Crippen molar-refractivity contribution in [2.75, 3.05) is 42.7 Å². The average molecular weight is 673 g/mol. The second kappa shape index (κ2) is 11.7. The Morgan fingerprint density at radius 3 is 1.13 bits per heavy atom. The molecule has 0 fully saturated rings. The molecule has 1 aliphatic carbocycles. The number of rotatable bonds is 10. The van der Waals surface area contributed by atoms with Crippen molar-refractivity contribution in [3.05, 3.63) is 59.7 Å². The minimum absolute atomic E-state index is 0.269. The molecule has 0 saturated carbocycles. The number of thiophene rings is 2. The van der Waals surface area contributed by atoms with Crippen LogP contribution in [0, 0.1) is 0 Å². The van der Waals surface area contributed by atoms with Gasteiger partial charge in [-0.1, -0.05) is 22.7 Å². The zero-order valence-electron chi connectivity index (χ0n) is 24.7. The summed E-state index contributed by atoms with van der Waals surface area (Å²) in [6.07, 6.45) is 0. The maximum absolute atomic E-state index is 15.8. The van der Waals surface area contributed by atoms with Gasteiger partial charge >= 0.3 is 17.8 Å². The standard InChI is InChI=1S/C31H26F6O6S2/c1-38-19-9-7-15(11-21(19)40-3)23-13-17(27(42-5)44-23)25-26(30(34,35)31(36,37)29(25,32)33)18-14-24(45-28(18)43-6)16-8-10-20(39-2)22(12-16)41-4/h7-14H,1-6H3. The van der Waals surface area contributed by atoms with Crippen LogP contribution in [0.5, 0.6) is 33.1 Å². The average Bonchev–Trinajstić information content (AvgIpc) is 3.68. The number of benzene rings is 2. The summed E-state index contributed by atoms with van der Waals surface area (Å²) in [6.45, 7) is 0. The Morgan fingerprint density at radius 1 is 0.467 bits per heavy atom. The van der Waals surface area contributed by atoms with Crippen LogP contribution in [0.15, 0.2) is 48.5 Å². The number of halogens is 6. The molecule has 2 heterocycles. The molecule has 0 saturated heterocycles. The minimum atomic E-state index is -5.78. The third-order valence-corrected chi connectivity index (χ3v) is 9.60. The topological polar surface area (TPSA) is 55.4 Å². The van der Waals surface area contributed by atoms with Gasteiger partial charge in [-0.3, -0.25) is 0 Å². The summed E-state index contributed by atoms with van der Waals surface area (Å²) in [7, 11) is 7.92. The van der Waals surface area contributed by atoms with Crippen LogP contribution in [-0.4, -0.2) is 60.4 Å². The molecular weight excluding hydrogens is 646 g/mol. The van der Waals surface area contributed by atoms with Crippen LogP contribution < -0.4 is 28.4 Å². The molecular formula is C31H26F6O6S2. The van der Waals surface area contributed by atoms with E-state index in [4.69, 9.17) is 28.4 Å². The smallest absolute Gasteiger partial charge is 0.380 e. The molecule has 45 heavy (non-hydrogen) atoms. The van der Waals surface area contributed by atoms with Crippen LogP contribution in [0.2, 0.25) is 0 Å². The van der Waals surface area contributed by atoms with E-state index >= 15 is 26.3 Å². The van der Waals surface area contributed by atoms with Gasteiger partial charge in [-0.25, -0.2) is 0 Å². The zero-order chi connectivity index (χ0) is 32.9. The molecule has 0 bridgehead atoms. The van der Waals surface area contributed by atoms with Crippen LogP contribution in [0.1, 0.15) is 11.1 Å². The molecule has 14 heteroatoms. The molecule has 6 nitrogen and oxygen atoms in total. The van der Waals surface area contributed by atoms with Gasteiger partial charge in [0.05, 0.1) is 42.7 Å². The fourth-order valence-electron chi connectivity index (χ4n) is 5.10. The number of hydrogen-bond donors (Lipinski definition) is 0. The van der Waals surface area contributed by atoms with E-state index in [0.717, 1.165) is 49.0 Å². The molecule has 0 atom stereocenters. The van der Waals surface area contributed by atoms with Crippen LogP contribution in [0.25, 0.3) is 32.0 Å². The summed E-state index contributed by atoms with van der Waals surface area (Å²) in [5.74, 6) is -15.0. The fraction of sp³-hybridized carbons (Fsp3) is 0.290. The van der Waals surface area contributed by atoms with E-state index in [1.807, 2.05) is 0 Å². The van der Waals surface area contributed by atoms with E-state index in [1.165, 1.54) is 40.6 Å². The van der Waals surface area contributed by atoms with Crippen molar-refractivity contribution in [3.8, 4) is 54.0 Å². The van der Waals surface area contributed by atoms with Crippen LogP contribution >= 0.6 is 22.7 Å². The number of ether oxygens (including phenoxy) is 6. The van der Waals surface area contributed by atoms with Crippen LogP contribution in [0.4, 0.5) is 26.3 Å². The maximum Gasteiger partial charge on any atom is 0.380 e. The fourth-order valence-corrected chi connectivity index (χ4v) is 7.05. The molecule has 0 unspecified atom stereocenters. The van der Waals surface area contributed by atoms with Gasteiger partial charge in [0.15, 0.2) is 33.1 Å². The van der Waals surface area contributed by atoms with E-state index in [-0.39, 0.29) is 19.9 Å². The Morgan fingerprint density at radius 2 is 0.822 bits per heavy atom. The van der Waals surface area contributed by atoms with Crippen molar-refractivity contribution >= 4 is 33.8 Å². The predicted molar refractivity (Wildman–Crippen MR) is 160 cm³/mol. The lowest BCUT2D eigenvalue weighted by Crippen LogP contribution is -2.48. The van der Waals surface area contributed by atoms with Crippen molar-refractivity contribution in [2.24, 2.45) is 0 Å². The van der Waals surface area contributed by atoms with Crippen molar-refractivity contribution < 1.29 is 54.8 Å². The molecule has 0 spiro atoms. The van der Waals surface area contributed by atoms with Crippen molar-refractivity contribution in [1.82, 2.24) is 0 Å². The SMILES string of the molecule is COc1ccc(-c2cc(C3=C(c4cc(-c5ccc(OC)c(OC)c5)sc4OC)C(F)(F)C(F)(F)C3(F)F)c(OC)s2)cc1OC. The Balaban J connectivity index is 1.77. The Kier molecular flexibility index (Phi) is 8.42. The summed E-state index contributed by atoms with van der Waals surface area (Å²) >= 11 is 1.64. The largest absolute Gasteiger partial charge is 0.493 e. The van der Waals surface area contributed by atoms with Gasteiger partial charge in [-0.2, -0.15) is 26.3 Å². The van der Waals surface area contributed by atoms with Crippen LogP contribution in [-0.2, 0) is 0 Å². The lowest BCUT2D eigenvalue weighted by atomic mass is 9.96. The quantitative estimate of drug-likeness (QED) is 0.157. The van der Waals surface area contributed by atoms with E-state index in [1.54, 1.807) is 24.3 Å². The number of alkyl halides is 6. The van der Waals surface area contributed by atoms with E-state index in [9.17, 15) is 0 Å². The second-order valence-corrected chi connectivity index (χ2v) is 11.7. The first-order valence-corrected chi connectivity index (χ1v) is 14.6. The second-order valence-electron chi connectivity index (χ2n) is 9.64. The van der Waals surface area contributed by atoms with Gasteiger partial charge < -0.3 is 28.4 Å². The summed E-state index contributed by atoms with van der Waals surface area (Å²) < 4.78 is 125. The highest BCUT2D eigenvalue weighted by Crippen LogP contribution is 2.67. The minimum Gasteiger partial charge on any atom is -0.493 e. The van der Waals surface area contributed by atoms with Gasteiger partial charge in [-0.15, -0.1) is 0 Å². The van der Waals surface area contributed by atoms with Crippen molar-refractivity contribution in [2.45, 2.75) is 17.8 Å². The first-order chi connectivity index (χ1) is 21.3. The molecule has 5 rings (SSSR count). The summed E-state index contributed by atoms with van der Waals surface area (Å²) in [5.41, 5.74) is -3.49. The molecule has 1 aliphatic rings. The zero-order valence-corrected chi connectivity index (χ0v) is 26.3. The maximum atomic E-state index is 15.8. The van der Waals surface area contributed by atoms with E-state index < -0.39 is 40.0 Å². The Labute approximate surface area is 262 Å². The van der Waals surface area contributed by atoms with E-state index in [0.29, 0.717) is 34.1 Å². The highest BCUT2D eigenvalue weighted by molar-refractivity contribution is 7.18. The van der Waals surface area contributed by atoms with Gasteiger partial charge in [0.25, 0.3) is 0 Å². The Hall–Kier alpha value is -4.04. The van der Waals surface area contributed by atoms with Gasteiger partial charge in [-0.05, 0) is 59.7 Å². The van der Waals surface area contributed by atoms with Crippen LogP contribution in [0.3, 0.4) is 0 Å². The molecule has 2 aromatic heterocycles. The summed E-state index contributed by atoms with van der Waals surface area (Å²) in [4.78, 5) is 0.541. The first kappa shape index (κ1) is 32.4. The molecule has 0 aliphatic heterocycles. The monoisotopic (exact) mass is 672 g/mol. The van der Waals surface area contributed by atoms with Crippen molar-refractivity contribution in [1.29, 1.82) is 0 Å². The number of hydrogen-bond acceptors (Lipinski definition) is 8. The van der Waals surface area contributed by atoms with Crippen molar-refractivity contribution in [3.63, 3.8) is 0 Å². The molecule has 0 N–H and O–H groups in total. The van der Waals surface area contributed by atoms with Gasteiger partial charge in [0, 0.05) is 32.0 Å². The first-order valence-electron chi connectivity index (χ1n) is 13.0. The summed E-state index contributed by atoms with van der Waals surface area (Å²) in [6, 6.07) is 11.6. The molecule has 2 aromatic carbocycles. The third-order valence-electron chi connectivity index (χ3n) is 7.31.